The highest BCUT2D eigenvalue weighted by Gasteiger charge is 2.25. The molecule has 1 aliphatic rings. The minimum atomic E-state index is 0.524. The number of aromatic nitrogens is 1. The maximum Gasteiger partial charge on any atom is 0.123 e. The molecule has 0 amide bonds. The number of nitrogens with zero attached hydrogens (tertiary/aromatic N) is 2. The van der Waals surface area contributed by atoms with Crippen LogP contribution in [0.3, 0.4) is 0 Å². The smallest absolute Gasteiger partial charge is 0.123 e. The molecule has 2 heterocycles. The SMILES string of the molecule is CC1(C)CCN(Cc2ccc(N)nc2)CC1. The van der Waals surface area contributed by atoms with Gasteiger partial charge < -0.3 is 5.73 Å². The van der Waals surface area contributed by atoms with Crippen LogP contribution in [0.5, 0.6) is 0 Å². The van der Waals surface area contributed by atoms with Gasteiger partial charge in [0.05, 0.1) is 0 Å². The lowest BCUT2D eigenvalue weighted by Crippen LogP contribution is -2.36. The Labute approximate surface area is 97.7 Å². The molecule has 0 bridgehead atoms. The quantitative estimate of drug-likeness (QED) is 0.829. The molecule has 0 unspecified atom stereocenters. The van der Waals surface area contributed by atoms with Gasteiger partial charge >= 0.3 is 0 Å². The third-order valence-corrected chi connectivity index (χ3v) is 3.46. The normalized spacial score (nSPS) is 20.9. The van der Waals surface area contributed by atoms with E-state index in [9.17, 15) is 0 Å². The molecule has 0 radical (unpaired) electrons. The van der Waals surface area contributed by atoms with E-state index in [-0.39, 0.29) is 0 Å². The van der Waals surface area contributed by atoms with Crippen LogP contribution in [0.4, 0.5) is 5.82 Å². The molecular weight excluding hydrogens is 198 g/mol. The van der Waals surface area contributed by atoms with Gasteiger partial charge in [0, 0.05) is 12.7 Å². The van der Waals surface area contributed by atoms with Crippen LogP contribution in [0.2, 0.25) is 0 Å². The number of rotatable bonds is 2. The van der Waals surface area contributed by atoms with Gasteiger partial charge in [-0.15, -0.1) is 0 Å². The van der Waals surface area contributed by atoms with Gasteiger partial charge in [-0.2, -0.15) is 0 Å². The largest absolute Gasteiger partial charge is 0.384 e. The van der Waals surface area contributed by atoms with E-state index in [1.165, 1.54) is 31.5 Å². The molecule has 3 nitrogen and oxygen atoms in total. The summed E-state index contributed by atoms with van der Waals surface area (Å²) in [4.78, 5) is 6.62. The summed E-state index contributed by atoms with van der Waals surface area (Å²) in [6, 6.07) is 3.95. The first-order chi connectivity index (χ1) is 7.55. The van der Waals surface area contributed by atoms with Crippen LogP contribution in [0.1, 0.15) is 32.3 Å². The Balaban J connectivity index is 1.89. The molecule has 88 valence electrons. The van der Waals surface area contributed by atoms with Gasteiger partial charge in [-0.1, -0.05) is 19.9 Å². The molecule has 3 heteroatoms. The molecule has 16 heavy (non-hydrogen) atoms. The van der Waals surface area contributed by atoms with Gasteiger partial charge in [0.2, 0.25) is 0 Å². The fourth-order valence-electron chi connectivity index (χ4n) is 2.10. The Morgan fingerprint density at radius 1 is 1.31 bits per heavy atom. The summed E-state index contributed by atoms with van der Waals surface area (Å²) in [6.45, 7) is 8.10. The van der Waals surface area contributed by atoms with Crippen molar-refractivity contribution in [2.24, 2.45) is 5.41 Å². The standard InChI is InChI=1S/C13H21N3/c1-13(2)5-7-16(8-6-13)10-11-3-4-12(14)15-9-11/h3-4,9H,5-8,10H2,1-2H3,(H2,14,15). The molecule has 2 N–H and O–H groups in total. The van der Waals surface area contributed by atoms with Crippen LogP contribution >= 0.6 is 0 Å². The van der Waals surface area contributed by atoms with E-state index in [1.807, 2.05) is 12.3 Å². The number of pyridine rings is 1. The van der Waals surface area contributed by atoms with E-state index in [0.717, 1.165) is 6.54 Å². The lowest BCUT2D eigenvalue weighted by Gasteiger charge is -2.36. The van der Waals surface area contributed by atoms with E-state index in [0.29, 0.717) is 11.2 Å². The second kappa shape index (κ2) is 4.42. The molecule has 2 rings (SSSR count). The van der Waals surface area contributed by atoms with Crippen LogP contribution in [0, 0.1) is 5.41 Å². The number of hydrogen-bond donors (Lipinski definition) is 1. The topological polar surface area (TPSA) is 42.1 Å². The molecule has 1 aromatic rings. The summed E-state index contributed by atoms with van der Waals surface area (Å²) in [5, 5.41) is 0. The minimum absolute atomic E-state index is 0.524. The number of likely N-dealkylation sites (tertiary alicyclic amines) is 1. The zero-order chi connectivity index (χ0) is 11.6. The molecule has 1 fully saturated rings. The highest BCUT2D eigenvalue weighted by Crippen LogP contribution is 2.30. The van der Waals surface area contributed by atoms with Crippen LogP contribution in [0.15, 0.2) is 18.3 Å². The van der Waals surface area contributed by atoms with Gasteiger partial charge in [0.1, 0.15) is 5.82 Å². The summed E-state index contributed by atoms with van der Waals surface area (Å²) < 4.78 is 0. The van der Waals surface area contributed by atoms with E-state index in [4.69, 9.17) is 5.73 Å². The molecule has 1 saturated heterocycles. The molecular formula is C13H21N3. The van der Waals surface area contributed by atoms with Crippen LogP contribution in [0.25, 0.3) is 0 Å². The van der Waals surface area contributed by atoms with Gasteiger partial charge in [0.25, 0.3) is 0 Å². The predicted molar refractivity (Wildman–Crippen MR) is 66.9 cm³/mol. The maximum atomic E-state index is 5.57. The van der Waals surface area contributed by atoms with E-state index < -0.39 is 0 Å². The Morgan fingerprint density at radius 2 is 2.00 bits per heavy atom. The fraction of sp³-hybridized carbons (Fsp3) is 0.615. The maximum absolute atomic E-state index is 5.57. The van der Waals surface area contributed by atoms with E-state index in [2.05, 4.69) is 29.8 Å². The lowest BCUT2D eigenvalue weighted by molar-refractivity contribution is 0.127. The molecule has 0 aromatic carbocycles. The van der Waals surface area contributed by atoms with Gasteiger partial charge in [-0.05, 0) is 43.0 Å². The van der Waals surface area contributed by atoms with Crippen molar-refractivity contribution in [3.8, 4) is 0 Å². The monoisotopic (exact) mass is 219 g/mol. The van der Waals surface area contributed by atoms with Crippen molar-refractivity contribution in [3.63, 3.8) is 0 Å². The van der Waals surface area contributed by atoms with Crippen molar-refractivity contribution in [2.75, 3.05) is 18.8 Å². The first-order valence-electron chi connectivity index (χ1n) is 5.98. The minimum Gasteiger partial charge on any atom is -0.384 e. The molecule has 1 aliphatic heterocycles. The predicted octanol–water partition coefficient (Wildman–Crippen LogP) is 2.29. The summed E-state index contributed by atoms with van der Waals surface area (Å²) >= 11 is 0. The second-order valence-corrected chi connectivity index (χ2v) is 5.53. The highest BCUT2D eigenvalue weighted by molar-refractivity contribution is 5.29. The van der Waals surface area contributed by atoms with E-state index >= 15 is 0 Å². The van der Waals surface area contributed by atoms with Crippen LogP contribution < -0.4 is 5.73 Å². The molecule has 0 spiro atoms. The average molecular weight is 219 g/mol. The van der Waals surface area contributed by atoms with Crippen molar-refractivity contribution >= 4 is 5.82 Å². The number of piperidine rings is 1. The van der Waals surface area contributed by atoms with Crippen molar-refractivity contribution < 1.29 is 0 Å². The van der Waals surface area contributed by atoms with Crippen molar-refractivity contribution in [3.05, 3.63) is 23.9 Å². The summed E-state index contributed by atoms with van der Waals surface area (Å²) in [5.74, 6) is 0.600. The second-order valence-electron chi connectivity index (χ2n) is 5.53. The number of hydrogen-bond acceptors (Lipinski definition) is 3. The summed E-state index contributed by atoms with van der Waals surface area (Å²) in [5.41, 5.74) is 7.35. The number of anilines is 1. The lowest BCUT2D eigenvalue weighted by atomic mass is 9.82. The summed E-state index contributed by atoms with van der Waals surface area (Å²) in [6.07, 6.45) is 4.46. The van der Waals surface area contributed by atoms with Gasteiger partial charge in [-0.25, -0.2) is 4.98 Å². The molecule has 1 aromatic heterocycles. The third kappa shape index (κ3) is 2.95. The summed E-state index contributed by atoms with van der Waals surface area (Å²) in [7, 11) is 0. The number of nitrogens with two attached hydrogens (primary N) is 1. The fourth-order valence-corrected chi connectivity index (χ4v) is 2.10. The Morgan fingerprint density at radius 3 is 2.56 bits per heavy atom. The van der Waals surface area contributed by atoms with Crippen LogP contribution in [-0.2, 0) is 6.54 Å². The van der Waals surface area contributed by atoms with Crippen molar-refractivity contribution in [2.45, 2.75) is 33.2 Å². The first kappa shape index (κ1) is 11.4. The van der Waals surface area contributed by atoms with Crippen LogP contribution in [-0.4, -0.2) is 23.0 Å². The Bertz CT molecular complexity index is 333. The molecule has 0 atom stereocenters. The van der Waals surface area contributed by atoms with Crippen molar-refractivity contribution in [1.82, 2.24) is 9.88 Å². The number of nitrogen functional groups attached to an aromatic ring is 1. The Kier molecular flexibility index (Phi) is 3.15. The zero-order valence-electron chi connectivity index (χ0n) is 10.2. The average Bonchev–Trinajstić information content (AvgIpc) is 2.24. The van der Waals surface area contributed by atoms with E-state index in [1.54, 1.807) is 0 Å². The van der Waals surface area contributed by atoms with Gasteiger partial charge in [-0.3, -0.25) is 4.90 Å². The molecule has 0 saturated carbocycles. The highest BCUT2D eigenvalue weighted by atomic mass is 15.1. The Hall–Kier alpha value is -1.09. The molecule has 0 aliphatic carbocycles. The van der Waals surface area contributed by atoms with Gasteiger partial charge in [0.15, 0.2) is 0 Å². The third-order valence-electron chi connectivity index (χ3n) is 3.46. The zero-order valence-corrected chi connectivity index (χ0v) is 10.2. The first-order valence-corrected chi connectivity index (χ1v) is 5.98. The van der Waals surface area contributed by atoms with Crippen molar-refractivity contribution in [1.29, 1.82) is 0 Å².